The van der Waals surface area contributed by atoms with E-state index >= 15 is 0 Å². The molecular formula is C82H86I4N6. The van der Waals surface area contributed by atoms with E-state index in [-0.39, 0.29) is 95.9 Å². The average molecular weight is 1660 g/mol. The molecule has 0 unspecified atom stereocenters. The third-order valence-electron chi connectivity index (χ3n) is 17.4. The molecule has 0 saturated heterocycles. The Balaban J connectivity index is 0.000000252. The Hall–Kier alpha value is -6.60. The Bertz CT molecular complexity index is 4400. The van der Waals surface area contributed by atoms with Gasteiger partial charge in [0.15, 0.2) is 24.8 Å². The molecule has 2 aliphatic heterocycles. The lowest BCUT2D eigenvalue weighted by Crippen LogP contribution is -3.00. The Morgan fingerprint density at radius 1 is 0.380 bits per heavy atom. The Labute approximate surface area is 615 Å². The fraction of sp³-hybridized carbons (Fsp3) is 0.220. The number of rotatable bonds is 20. The second kappa shape index (κ2) is 36.2. The van der Waals surface area contributed by atoms with Crippen molar-refractivity contribution in [3.63, 3.8) is 0 Å². The van der Waals surface area contributed by atoms with Gasteiger partial charge in [0.05, 0.1) is 21.5 Å². The van der Waals surface area contributed by atoms with E-state index in [4.69, 9.17) is 0 Å². The second-order valence-corrected chi connectivity index (χ2v) is 22.9. The van der Waals surface area contributed by atoms with E-state index in [9.17, 15) is 0 Å². The highest BCUT2D eigenvalue weighted by Gasteiger charge is 2.20. The Morgan fingerprint density at radius 2 is 0.750 bits per heavy atom. The van der Waals surface area contributed by atoms with Crippen LogP contribution in [0.25, 0.3) is 78.1 Å². The first-order chi connectivity index (χ1) is 43.4. The van der Waals surface area contributed by atoms with Crippen LogP contribution in [-0.4, -0.2) is 13.1 Å². The van der Waals surface area contributed by atoms with Gasteiger partial charge in [0, 0.05) is 120 Å². The summed E-state index contributed by atoms with van der Waals surface area (Å²) in [4.78, 5) is 4.70. The number of halogens is 4. The van der Waals surface area contributed by atoms with Gasteiger partial charge >= 0.3 is 0 Å². The summed E-state index contributed by atoms with van der Waals surface area (Å²) >= 11 is 0. The molecule has 0 spiro atoms. The van der Waals surface area contributed by atoms with E-state index in [0.29, 0.717) is 0 Å². The van der Waals surface area contributed by atoms with Crippen LogP contribution in [0.1, 0.15) is 113 Å². The number of aromatic nitrogens is 4. The second-order valence-electron chi connectivity index (χ2n) is 22.9. The van der Waals surface area contributed by atoms with Crippen LogP contribution >= 0.6 is 0 Å². The van der Waals surface area contributed by atoms with Crippen LogP contribution in [0.15, 0.2) is 256 Å². The van der Waals surface area contributed by atoms with Gasteiger partial charge in [-0.15, -0.1) is 0 Å². The van der Waals surface area contributed by atoms with Crippen LogP contribution in [0.2, 0.25) is 0 Å². The molecule has 12 rings (SSSR count). The van der Waals surface area contributed by atoms with Gasteiger partial charge in [-0.1, -0.05) is 174 Å². The normalized spacial score (nSPS) is 13.7. The number of benzene rings is 6. The highest BCUT2D eigenvalue weighted by molar-refractivity contribution is 5.99. The largest absolute Gasteiger partial charge is 1.00 e. The molecule has 472 valence electrons. The van der Waals surface area contributed by atoms with Gasteiger partial charge in [-0.05, 0) is 109 Å². The van der Waals surface area contributed by atoms with Gasteiger partial charge in [-0.3, -0.25) is 0 Å². The van der Waals surface area contributed by atoms with E-state index < -0.39 is 0 Å². The van der Waals surface area contributed by atoms with Crippen LogP contribution < -0.4 is 124 Å². The quantitative estimate of drug-likeness (QED) is 0.0486. The summed E-state index contributed by atoms with van der Waals surface area (Å²) in [7, 11) is 0. The summed E-state index contributed by atoms with van der Waals surface area (Å²) in [5.41, 5.74) is 19.9. The standard InChI is InChI=1S/C44H49N3.C38H37N3.4HI/c1-4-7-29-45-32-26-36(39-16-10-13-19-42(39)45)24-22-35(38-28-34-47(31-9-6-3)44-21-15-12-18-41(38)44)23-25-37-27-33-46(30-8-5-2)43-20-14-11-17-40(37)43;1-4-39-26-23-30(33-13-7-10-16-36(33)39)21-19-29(32-25-28-41(6-3)38-18-12-9-15-35(32)38)20-22-31-24-27-40(5-2)37-17-11-8-14-34(31)37;;;;/h10-28,32-34H,4-9,29-31H2,1-3H3;7-28H,4-6H2,1-3H3;4*1H/q2*+2;;;;/p-4. The van der Waals surface area contributed by atoms with Crippen molar-refractivity contribution in [2.45, 2.75) is 106 Å². The molecule has 0 bridgehead atoms. The molecule has 0 amide bonds. The van der Waals surface area contributed by atoms with Gasteiger partial charge < -0.3 is 106 Å². The molecule has 6 aromatic carbocycles. The van der Waals surface area contributed by atoms with Gasteiger partial charge in [0.2, 0.25) is 22.1 Å². The fourth-order valence-electron chi connectivity index (χ4n) is 12.5. The molecule has 4 aromatic heterocycles. The van der Waals surface area contributed by atoms with Gasteiger partial charge in [0.25, 0.3) is 0 Å². The van der Waals surface area contributed by atoms with Crippen LogP contribution in [0, 0.1) is 0 Å². The number of para-hydroxylation sites is 6. The summed E-state index contributed by atoms with van der Waals surface area (Å²) in [6, 6.07) is 61.6. The lowest BCUT2D eigenvalue weighted by atomic mass is 9.96. The predicted molar refractivity (Wildman–Crippen MR) is 374 cm³/mol. The molecule has 92 heavy (non-hydrogen) atoms. The summed E-state index contributed by atoms with van der Waals surface area (Å²) in [6.45, 7) is 19.3. The molecule has 0 N–H and O–H groups in total. The van der Waals surface area contributed by atoms with Crippen molar-refractivity contribution in [3.05, 3.63) is 289 Å². The zero-order chi connectivity index (χ0) is 60.6. The summed E-state index contributed by atoms with van der Waals surface area (Å²) in [6.07, 6.45) is 43.3. The molecule has 0 fully saturated rings. The maximum absolute atomic E-state index is 2.41. The van der Waals surface area contributed by atoms with Crippen molar-refractivity contribution in [3.8, 4) is 0 Å². The van der Waals surface area contributed by atoms with Crippen molar-refractivity contribution in [1.82, 2.24) is 0 Å². The molecular weight excluding hydrogens is 1580 g/mol. The predicted octanol–water partition coefficient (Wildman–Crippen LogP) is 6.64. The van der Waals surface area contributed by atoms with E-state index in [1.807, 2.05) is 0 Å². The van der Waals surface area contributed by atoms with Crippen molar-refractivity contribution >= 4 is 89.4 Å². The molecule has 10 heteroatoms. The maximum atomic E-state index is 2.41. The van der Waals surface area contributed by atoms with Crippen molar-refractivity contribution in [2.24, 2.45) is 0 Å². The zero-order valence-corrected chi connectivity index (χ0v) is 62.7. The third kappa shape index (κ3) is 16.8. The first kappa shape index (κ1) is 72.8. The van der Waals surface area contributed by atoms with E-state index in [0.717, 1.165) is 39.3 Å². The monoisotopic (exact) mass is 1660 g/mol. The summed E-state index contributed by atoms with van der Waals surface area (Å²) in [5.74, 6) is 0. The molecule has 0 atom stereocenters. The molecule has 10 aromatic rings. The molecule has 0 saturated carbocycles. The lowest BCUT2D eigenvalue weighted by molar-refractivity contribution is -0.672. The lowest BCUT2D eigenvalue weighted by Gasteiger charge is -2.27. The van der Waals surface area contributed by atoms with Crippen molar-refractivity contribution in [1.29, 1.82) is 0 Å². The first-order valence-corrected chi connectivity index (χ1v) is 32.4. The van der Waals surface area contributed by atoms with Gasteiger partial charge in [-0.25, -0.2) is 0 Å². The number of unbranched alkanes of at least 4 members (excludes halogenated alkanes) is 3. The number of hydrogen-bond acceptors (Lipinski definition) is 2. The van der Waals surface area contributed by atoms with Gasteiger partial charge in [-0.2, -0.15) is 18.3 Å². The fourth-order valence-corrected chi connectivity index (χ4v) is 12.5. The zero-order valence-electron chi connectivity index (χ0n) is 54.1. The third-order valence-corrected chi connectivity index (χ3v) is 17.4. The smallest absolute Gasteiger partial charge is 0.213 e. The van der Waals surface area contributed by atoms with E-state index in [2.05, 4.69) is 337 Å². The molecule has 0 radical (unpaired) electrons. The number of hydrogen-bond donors (Lipinski definition) is 0. The molecule has 2 aliphatic rings. The molecule has 6 nitrogen and oxygen atoms in total. The van der Waals surface area contributed by atoms with Crippen molar-refractivity contribution in [2.75, 3.05) is 22.9 Å². The highest BCUT2D eigenvalue weighted by atomic mass is 127. The number of nitrogens with zero attached hydrogens (tertiary/aromatic N) is 6. The van der Waals surface area contributed by atoms with Crippen LogP contribution in [0.4, 0.5) is 11.4 Å². The highest BCUT2D eigenvalue weighted by Crippen LogP contribution is 2.36. The van der Waals surface area contributed by atoms with Crippen LogP contribution in [-0.2, 0) is 26.2 Å². The maximum Gasteiger partial charge on any atom is 0.213 e. The average Bonchev–Trinajstić information content (AvgIpc) is 0.966. The van der Waals surface area contributed by atoms with Crippen molar-refractivity contribution < 1.29 is 114 Å². The SMILES string of the molecule is CCCCN1C=C/C(=C/C=C(/C=C/c2cc[n+](CCCC)c3ccccc23)c2cc[n+](CCCC)c3ccccc23)c2ccccc21.CCN1C=C/C(=C/C=C(/C=C/c2cc[n+](CC)c3ccccc23)c2cc[n+](CC)c3ccccc23)c2ccccc21.[I-].[I-].[I-].[I-]. The number of anilines is 2. The molecule has 6 heterocycles. The Morgan fingerprint density at radius 3 is 1.22 bits per heavy atom. The minimum Gasteiger partial charge on any atom is -1.00 e. The van der Waals surface area contributed by atoms with Gasteiger partial charge in [0.1, 0.15) is 26.2 Å². The van der Waals surface area contributed by atoms with Crippen LogP contribution in [0.3, 0.4) is 0 Å². The van der Waals surface area contributed by atoms with E-state index in [1.54, 1.807) is 0 Å². The minimum atomic E-state index is 0. The topological polar surface area (TPSA) is 22.0 Å². The van der Waals surface area contributed by atoms with Crippen LogP contribution in [0.5, 0.6) is 0 Å². The minimum absolute atomic E-state index is 0. The molecule has 0 aliphatic carbocycles. The first-order valence-electron chi connectivity index (χ1n) is 32.4. The van der Waals surface area contributed by atoms with E-state index in [1.165, 1.54) is 149 Å². The Kier molecular flexibility index (Phi) is 28.6. The number of allylic oxidation sites excluding steroid dienone is 12. The number of fused-ring (bicyclic) bond motifs is 6. The number of aryl methyl sites for hydroxylation is 4. The summed E-state index contributed by atoms with van der Waals surface area (Å²) < 4.78 is 9.42. The summed E-state index contributed by atoms with van der Waals surface area (Å²) in [5, 5.41) is 5.08. The number of pyridine rings is 4.